The summed E-state index contributed by atoms with van der Waals surface area (Å²) in [4.78, 5) is 26.0. The molecule has 3 aromatic carbocycles. The van der Waals surface area contributed by atoms with Gasteiger partial charge in [-0.3, -0.25) is 9.36 Å². The molecule has 0 radical (unpaired) electrons. The highest BCUT2D eigenvalue weighted by Crippen LogP contribution is 2.46. The number of aromatic nitrogens is 1. The van der Waals surface area contributed by atoms with Crippen molar-refractivity contribution < 1.29 is 14.3 Å². The number of aromatic hydroxyl groups is 1. The minimum Gasteiger partial charge on any atom is -0.507 e. The lowest BCUT2D eigenvalue weighted by molar-refractivity contribution is 0.103. The first-order valence-electron chi connectivity index (χ1n) is 12.6. The Hall–Kier alpha value is -3.86. The number of hydrogen-bond donors (Lipinski definition) is 1. The lowest BCUT2D eigenvalue weighted by Crippen LogP contribution is -2.17. The molecule has 1 atom stereocenters. The number of oxazole rings is 1. The number of allylic oxidation sites excluding steroid dienone is 1. The molecule has 0 bridgehead atoms. The number of rotatable bonds is 2. The highest BCUT2D eigenvalue weighted by molar-refractivity contribution is 6.18. The molecule has 0 saturated carbocycles. The first-order valence-corrected chi connectivity index (χ1v) is 12.6. The van der Waals surface area contributed by atoms with Crippen LogP contribution in [0.25, 0.3) is 17.2 Å². The van der Waals surface area contributed by atoms with Gasteiger partial charge in [0.25, 0.3) is 0 Å². The minimum absolute atomic E-state index is 0.0834. The summed E-state index contributed by atoms with van der Waals surface area (Å²) in [6, 6.07) is 17.5. The fraction of sp³-hybridized carbons (Fsp3) is 0.312. The molecule has 1 aliphatic rings. The number of ketones is 1. The molecule has 0 spiro atoms. The maximum atomic E-state index is 13.9. The zero-order chi connectivity index (χ0) is 26.9. The van der Waals surface area contributed by atoms with Crippen LogP contribution in [0, 0.1) is 0 Å². The van der Waals surface area contributed by atoms with E-state index in [-0.39, 0.29) is 22.5 Å². The third-order valence-corrected chi connectivity index (χ3v) is 7.30. The van der Waals surface area contributed by atoms with E-state index in [0.717, 1.165) is 27.8 Å². The Kier molecular flexibility index (Phi) is 5.59. The van der Waals surface area contributed by atoms with Crippen LogP contribution in [0.15, 0.2) is 69.4 Å². The normalized spacial score (nSPS) is 17.1. The Morgan fingerprint density at radius 2 is 1.49 bits per heavy atom. The maximum Gasteiger partial charge on any atom is 0.419 e. The molecule has 1 N–H and O–H groups in total. The standard InChI is InChI=1S/C32H33NO4/c1-31(2,3)23-14-18(15-24(29(23)35)32(4,5)6)13-22-27(19-11-9-8-10-12-19)20-16-25-26(17-21(20)28(22)34)37-30(36)33(25)7/h8-17,27,35H,1-7H3. The monoisotopic (exact) mass is 495 g/mol. The second-order valence-corrected chi connectivity index (χ2v) is 12.1. The SMILES string of the molecule is Cn1c(=O)oc2cc3c(cc21)C(c1ccccc1)C(=Cc1cc(C(C)(C)C)c(O)c(C(C)(C)C)c1)C3=O. The van der Waals surface area contributed by atoms with E-state index in [1.807, 2.05) is 54.6 Å². The lowest BCUT2D eigenvalue weighted by atomic mass is 9.78. The summed E-state index contributed by atoms with van der Waals surface area (Å²) in [6.07, 6.45) is 1.96. The van der Waals surface area contributed by atoms with Crippen LogP contribution >= 0.6 is 0 Å². The van der Waals surface area contributed by atoms with Crippen molar-refractivity contribution >= 4 is 23.0 Å². The van der Waals surface area contributed by atoms with Crippen LogP contribution < -0.4 is 5.76 Å². The van der Waals surface area contributed by atoms with E-state index in [9.17, 15) is 14.7 Å². The lowest BCUT2D eigenvalue weighted by Gasteiger charge is -2.28. The maximum absolute atomic E-state index is 13.9. The first kappa shape index (κ1) is 24.8. The van der Waals surface area contributed by atoms with E-state index in [1.54, 1.807) is 13.1 Å². The van der Waals surface area contributed by atoms with Gasteiger partial charge < -0.3 is 9.52 Å². The molecule has 0 fully saturated rings. The molecule has 1 aliphatic carbocycles. The summed E-state index contributed by atoms with van der Waals surface area (Å²) in [5, 5.41) is 11.2. The van der Waals surface area contributed by atoms with Crippen LogP contribution in [0.1, 0.15) is 85.6 Å². The molecule has 5 rings (SSSR count). The number of phenolic OH excluding ortho intramolecular Hbond substituents is 1. The molecule has 5 nitrogen and oxygen atoms in total. The Labute approximate surface area is 217 Å². The van der Waals surface area contributed by atoms with E-state index < -0.39 is 5.76 Å². The summed E-state index contributed by atoms with van der Waals surface area (Å²) >= 11 is 0. The molecular formula is C32H33NO4. The number of nitrogens with zero attached hydrogens (tertiary/aromatic N) is 1. The zero-order valence-electron chi connectivity index (χ0n) is 22.5. The van der Waals surface area contributed by atoms with Crippen molar-refractivity contribution in [1.82, 2.24) is 4.57 Å². The van der Waals surface area contributed by atoms with Crippen LogP contribution in [0.4, 0.5) is 0 Å². The van der Waals surface area contributed by atoms with E-state index in [2.05, 4.69) is 41.5 Å². The Bertz CT molecular complexity index is 1600. The van der Waals surface area contributed by atoms with Gasteiger partial charge in [0.05, 0.1) is 5.52 Å². The predicted molar refractivity (Wildman–Crippen MR) is 148 cm³/mol. The Morgan fingerprint density at radius 3 is 2.05 bits per heavy atom. The second-order valence-electron chi connectivity index (χ2n) is 12.1. The van der Waals surface area contributed by atoms with Crippen molar-refractivity contribution in [1.29, 1.82) is 0 Å². The zero-order valence-corrected chi connectivity index (χ0v) is 22.5. The van der Waals surface area contributed by atoms with Crippen LogP contribution in [-0.4, -0.2) is 15.5 Å². The Morgan fingerprint density at radius 1 is 0.892 bits per heavy atom. The fourth-order valence-electron chi connectivity index (χ4n) is 5.30. The summed E-state index contributed by atoms with van der Waals surface area (Å²) in [5.74, 6) is -0.515. The van der Waals surface area contributed by atoms with Crippen LogP contribution in [0.2, 0.25) is 0 Å². The van der Waals surface area contributed by atoms with Crippen LogP contribution in [-0.2, 0) is 17.9 Å². The average Bonchev–Trinajstić information content (AvgIpc) is 3.25. The number of fused-ring (bicyclic) bond motifs is 2. The quantitative estimate of drug-likeness (QED) is 0.309. The molecule has 0 amide bonds. The number of hydrogen-bond acceptors (Lipinski definition) is 4. The second kappa shape index (κ2) is 8.34. The van der Waals surface area contributed by atoms with Crippen LogP contribution in [0.3, 0.4) is 0 Å². The van der Waals surface area contributed by atoms with Crippen molar-refractivity contribution in [3.8, 4) is 5.75 Å². The molecule has 1 unspecified atom stereocenters. The predicted octanol–water partition coefficient (Wildman–Crippen LogP) is 6.84. The van der Waals surface area contributed by atoms with Crippen molar-refractivity contribution in [2.24, 2.45) is 7.05 Å². The van der Waals surface area contributed by atoms with Crippen molar-refractivity contribution in [3.05, 3.63) is 104 Å². The molecule has 0 aliphatic heterocycles. The van der Waals surface area contributed by atoms with Gasteiger partial charge in [0.1, 0.15) is 5.75 Å². The van der Waals surface area contributed by atoms with Gasteiger partial charge in [-0.1, -0.05) is 71.9 Å². The molecule has 1 heterocycles. The number of aryl methyl sites for hydroxylation is 1. The number of phenols is 1. The van der Waals surface area contributed by atoms with Crippen molar-refractivity contribution in [2.75, 3.05) is 0 Å². The first-order chi connectivity index (χ1) is 17.3. The number of carbonyl (C=O) groups is 1. The van der Waals surface area contributed by atoms with E-state index in [0.29, 0.717) is 28.0 Å². The third-order valence-electron chi connectivity index (χ3n) is 7.30. The van der Waals surface area contributed by atoms with E-state index >= 15 is 0 Å². The topological polar surface area (TPSA) is 72.4 Å². The molecule has 37 heavy (non-hydrogen) atoms. The molecule has 190 valence electrons. The van der Waals surface area contributed by atoms with E-state index in [4.69, 9.17) is 4.42 Å². The van der Waals surface area contributed by atoms with Gasteiger partial charge in [0.15, 0.2) is 11.4 Å². The summed E-state index contributed by atoms with van der Waals surface area (Å²) in [5.41, 5.74) is 6.13. The molecule has 0 saturated heterocycles. The van der Waals surface area contributed by atoms with Gasteiger partial charge in [-0.15, -0.1) is 0 Å². The van der Waals surface area contributed by atoms with Crippen molar-refractivity contribution in [3.63, 3.8) is 0 Å². The molecular weight excluding hydrogens is 462 g/mol. The van der Waals surface area contributed by atoms with Gasteiger partial charge in [-0.2, -0.15) is 0 Å². The van der Waals surface area contributed by atoms with Gasteiger partial charge in [0.2, 0.25) is 0 Å². The summed E-state index contributed by atoms with van der Waals surface area (Å²) in [7, 11) is 1.67. The number of benzene rings is 3. The van der Waals surface area contributed by atoms with Crippen molar-refractivity contribution in [2.45, 2.75) is 58.3 Å². The number of carbonyl (C=O) groups excluding carboxylic acids is 1. The largest absolute Gasteiger partial charge is 0.507 e. The van der Waals surface area contributed by atoms with Gasteiger partial charge in [-0.25, -0.2) is 4.79 Å². The van der Waals surface area contributed by atoms with Gasteiger partial charge >= 0.3 is 5.76 Å². The minimum atomic E-state index is -0.452. The molecule has 5 heteroatoms. The van der Waals surface area contributed by atoms with E-state index in [1.165, 1.54) is 4.57 Å². The van der Waals surface area contributed by atoms with Gasteiger partial charge in [-0.05, 0) is 57.9 Å². The molecule has 1 aromatic heterocycles. The van der Waals surface area contributed by atoms with Crippen LogP contribution in [0.5, 0.6) is 5.75 Å². The summed E-state index contributed by atoms with van der Waals surface area (Å²) in [6.45, 7) is 12.5. The molecule has 4 aromatic rings. The average molecular weight is 496 g/mol. The number of Topliss-reactive ketones (excluding diaryl/α,β-unsaturated/α-hetero) is 1. The summed E-state index contributed by atoms with van der Waals surface area (Å²) < 4.78 is 6.86. The fourth-order valence-corrected chi connectivity index (χ4v) is 5.30. The highest BCUT2D eigenvalue weighted by atomic mass is 16.4. The van der Waals surface area contributed by atoms with Gasteiger partial charge in [0, 0.05) is 35.2 Å². The smallest absolute Gasteiger partial charge is 0.419 e. The Balaban J connectivity index is 1.78. The highest BCUT2D eigenvalue weighted by Gasteiger charge is 2.37. The third kappa shape index (κ3) is 4.12.